The molecule has 0 heterocycles. The van der Waals surface area contributed by atoms with E-state index in [0.717, 1.165) is 0 Å². The van der Waals surface area contributed by atoms with Gasteiger partial charge in [0.25, 0.3) is 0 Å². The maximum Gasteiger partial charge on any atom is 2.00 e. The first-order chi connectivity index (χ1) is 1.73. The number of halogens is 1. The molecular weight excluding hydrogens is 180 g/mol. The van der Waals surface area contributed by atoms with Gasteiger partial charge in [-0.3, -0.25) is 0 Å². The van der Waals surface area contributed by atoms with Crippen LogP contribution in [0.15, 0.2) is 0 Å². The van der Waals surface area contributed by atoms with Crippen molar-refractivity contribution in [3.05, 3.63) is 7.43 Å². The Labute approximate surface area is 74.1 Å². The third-order valence-corrected chi connectivity index (χ3v) is 0. The van der Waals surface area contributed by atoms with E-state index in [1.807, 2.05) is 0 Å². The van der Waals surface area contributed by atoms with Crippen LogP contribution in [0.3, 0.4) is 0 Å². The Morgan fingerprint density at radius 2 is 1.00 bits per heavy atom. The van der Waals surface area contributed by atoms with Crippen LogP contribution in [0, 0.1) is 7.43 Å². The van der Waals surface area contributed by atoms with Crippen molar-refractivity contribution in [2.45, 2.75) is 17.3 Å². The van der Waals surface area contributed by atoms with Crippen LogP contribution in [-0.2, 0) is 0 Å². The summed E-state index contributed by atoms with van der Waals surface area (Å²) in [7, 11) is 0. The van der Waals surface area contributed by atoms with Gasteiger partial charge in [-0.25, -0.2) is 0 Å². The van der Waals surface area contributed by atoms with Gasteiger partial charge < -0.3 is 19.8 Å². The smallest absolute Gasteiger partial charge is 1.00 e. The standard InChI is InChI=1S/C3H9Ge.CH3.ClH.Mg/c1-4(2)3;;;/h1-3H3;1H3;1H;/q;-1;;+2/p-1. The van der Waals surface area contributed by atoms with Crippen LogP contribution in [0.2, 0.25) is 17.3 Å². The van der Waals surface area contributed by atoms with Crippen molar-refractivity contribution in [1.82, 2.24) is 0 Å². The van der Waals surface area contributed by atoms with E-state index in [0.29, 0.717) is 0 Å². The van der Waals surface area contributed by atoms with E-state index >= 15 is 0 Å². The van der Waals surface area contributed by atoms with Gasteiger partial charge in [0.1, 0.15) is 0 Å². The van der Waals surface area contributed by atoms with Crippen LogP contribution >= 0.6 is 0 Å². The predicted octanol–water partition coefficient (Wildman–Crippen LogP) is -1.56. The van der Waals surface area contributed by atoms with Crippen molar-refractivity contribution in [1.29, 1.82) is 0 Å². The average Bonchev–Trinajstić information content (AvgIpc) is 0.811. The minimum absolute atomic E-state index is 0. The van der Waals surface area contributed by atoms with E-state index < -0.39 is 0 Å². The molecule has 0 N–H and O–H groups in total. The fourth-order valence-corrected chi connectivity index (χ4v) is 0. The maximum atomic E-state index is 2.33. The molecule has 0 aliphatic rings. The van der Waals surface area contributed by atoms with Crippen molar-refractivity contribution < 1.29 is 12.4 Å². The van der Waals surface area contributed by atoms with Gasteiger partial charge in [0.05, 0.1) is 0 Å². The Kier molecular flexibility index (Phi) is 52.5. The van der Waals surface area contributed by atoms with Gasteiger partial charge in [0, 0.05) is 0 Å². The van der Waals surface area contributed by atoms with E-state index in [1.165, 1.54) is 0 Å². The fraction of sp³-hybridized carbons (Fsp3) is 0.750. The second-order valence-corrected chi connectivity index (χ2v) is 7.79. The minimum Gasteiger partial charge on any atom is -1.00 e. The van der Waals surface area contributed by atoms with Crippen molar-refractivity contribution >= 4 is 37.4 Å². The van der Waals surface area contributed by atoms with Gasteiger partial charge >= 0.3 is 54.7 Å². The monoisotopic (exact) mass is 193 g/mol. The summed E-state index contributed by atoms with van der Waals surface area (Å²) in [5, 5.41) is 0. The fourth-order valence-electron chi connectivity index (χ4n) is 0. The topological polar surface area (TPSA) is 0 Å². The zero-order valence-corrected chi connectivity index (χ0v) is 9.85. The molecule has 0 atom stereocenters. The van der Waals surface area contributed by atoms with E-state index in [4.69, 9.17) is 0 Å². The van der Waals surface area contributed by atoms with Gasteiger partial charge in [-0.15, -0.1) is 0 Å². The zero-order chi connectivity index (χ0) is 3.58. The van der Waals surface area contributed by atoms with E-state index in [-0.39, 0.29) is 57.2 Å². The largest absolute Gasteiger partial charge is 2.00 e. The van der Waals surface area contributed by atoms with Gasteiger partial charge in [-0.2, -0.15) is 0 Å². The molecule has 0 rings (SSSR count). The summed E-state index contributed by atoms with van der Waals surface area (Å²) in [6.07, 6.45) is 0. The Balaban J connectivity index is -0.0000000150. The Morgan fingerprint density at radius 3 is 1.00 bits per heavy atom. The quantitative estimate of drug-likeness (QED) is 0.322. The maximum absolute atomic E-state index is 2.33. The third kappa shape index (κ3) is 93.2. The SMILES string of the molecule is [CH3-].[CH3][Ge]([CH3])[CH3].[Cl-].[Mg+2]. The van der Waals surface area contributed by atoms with Gasteiger partial charge in [0.15, 0.2) is 0 Å². The van der Waals surface area contributed by atoms with Gasteiger partial charge in [0.2, 0.25) is 0 Å². The second-order valence-electron chi connectivity index (χ2n) is 1.50. The first kappa shape index (κ1) is 23.5. The number of rotatable bonds is 0. The molecule has 41 valence electrons. The molecule has 7 heavy (non-hydrogen) atoms. The summed E-state index contributed by atoms with van der Waals surface area (Å²) in [6.45, 7) is 0. The Hall–Kier alpha value is 1.60. The van der Waals surface area contributed by atoms with Crippen molar-refractivity contribution in [2.24, 2.45) is 0 Å². The molecule has 0 saturated carbocycles. The molecule has 0 nitrogen and oxygen atoms in total. The molecule has 3 heteroatoms. The third-order valence-electron chi connectivity index (χ3n) is 0. The summed E-state index contributed by atoms with van der Waals surface area (Å²) in [6, 6.07) is 0. The molecule has 0 aromatic rings. The molecule has 0 aromatic carbocycles. The average molecular weight is 193 g/mol. The van der Waals surface area contributed by atoms with Crippen LogP contribution in [0.5, 0.6) is 0 Å². The van der Waals surface area contributed by atoms with E-state index in [1.54, 1.807) is 0 Å². The molecule has 0 amide bonds. The molecule has 0 aliphatic heterocycles. The van der Waals surface area contributed by atoms with Crippen molar-refractivity contribution in [3.8, 4) is 0 Å². The molecule has 1 radical (unpaired) electrons. The molecule has 0 aromatic heterocycles. The number of hydrogen-bond donors (Lipinski definition) is 0. The van der Waals surface area contributed by atoms with Crippen LogP contribution in [0.1, 0.15) is 0 Å². The summed E-state index contributed by atoms with van der Waals surface area (Å²) >= 11 is -0.333. The normalized spacial score (nSPS) is 5.14. The first-order valence-electron chi connectivity index (χ1n) is 1.50. The zero-order valence-electron chi connectivity index (χ0n) is 5.59. The van der Waals surface area contributed by atoms with Crippen LogP contribution in [-0.4, -0.2) is 37.4 Å². The van der Waals surface area contributed by atoms with E-state index in [9.17, 15) is 0 Å². The van der Waals surface area contributed by atoms with E-state index in [2.05, 4.69) is 17.3 Å². The van der Waals surface area contributed by atoms with Crippen molar-refractivity contribution in [3.63, 3.8) is 0 Å². The molecule has 0 unspecified atom stereocenters. The first-order valence-corrected chi connectivity index (χ1v) is 7.79. The van der Waals surface area contributed by atoms with Crippen LogP contribution < -0.4 is 12.4 Å². The van der Waals surface area contributed by atoms with Crippen LogP contribution in [0.4, 0.5) is 0 Å². The summed E-state index contributed by atoms with van der Waals surface area (Å²) in [5.74, 6) is 7.00. The summed E-state index contributed by atoms with van der Waals surface area (Å²) in [5.41, 5.74) is 0. The second kappa shape index (κ2) is 15.6. The molecule has 0 bridgehead atoms. The predicted molar refractivity (Wildman–Crippen MR) is 35.5 cm³/mol. The van der Waals surface area contributed by atoms with Crippen LogP contribution in [0.25, 0.3) is 0 Å². The number of hydrogen-bond acceptors (Lipinski definition) is 0. The van der Waals surface area contributed by atoms with Gasteiger partial charge in [-0.1, -0.05) is 0 Å². The minimum atomic E-state index is -0.333. The molecular formula is C4H12ClGeMg. The Morgan fingerprint density at radius 1 is 1.00 bits per heavy atom. The molecule has 0 saturated heterocycles. The molecule has 0 spiro atoms. The van der Waals surface area contributed by atoms with Crippen molar-refractivity contribution in [2.75, 3.05) is 0 Å². The summed E-state index contributed by atoms with van der Waals surface area (Å²) in [4.78, 5) is 0. The summed E-state index contributed by atoms with van der Waals surface area (Å²) < 4.78 is 0. The molecule has 0 aliphatic carbocycles. The molecule has 0 fully saturated rings. The van der Waals surface area contributed by atoms with Gasteiger partial charge in [-0.05, 0) is 0 Å². The Bertz CT molecular complexity index is 16.4.